The summed E-state index contributed by atoms with van der Waals surface area (Å²) in [6, 6.07) is 5.53. The molecule has 0 aromatic heterocycles. The van der Waals surface area contributed by atoms with Gasteiger partial charge in [-0.25, -0.2) is 4.79 Å². The second-order valence-corrected chi connectivity index (χ2v) is 6.95. The van der Waals surface area contributed by atoms with E-state index in [0.717, 1.165) is 30.6 Å². The minimum Gasteiger partial charge on any atom is -0.454 e. The normalized spacial score (nSPS) is 20.4. The van der Waals surface area contributed by atoms with E-state index in [-0.39, 0.29) is 29.7 Å². The molecule has 1 aromatic carbocycles. The first-order valence-electron chi connectivity index (χ1n) is 9.38. The number of carbonyl (C=O) groups excluding carboxylic acids is 4. The first-order valence-corrected chi connectivity index (χ1v) is 9.38. The molecule has 3 amide bonds. The fourth-order valence-corrected chi connectivity index (χ4v) is 3.75. The van der Waals surface area contributed by atoms with E-state index in [4.69, 9.17) is 4.74 Å². The zero-order chi connectivity index (χ0) is 19.6. The Balaban J connectivity index is 1.61. The van der Waals surface area contributed by atoms with Gasteiger partial charge >= 0.3 is 5.97 Å². The number of hydrogen-bond donors (Lipinski definition) is 0. The van der Waals surface area contributed by atoms with Crippen molar-refractivity contribution in [2.45, 2.75) is 51.6 Å². The molecule has 1 aromatic rings. The quantitative estimate of drug-likeness (QED) is 0.583. The van der Waals surface area contributed by atoms with Crippen LogP contribution in [-0.4, -0.2) is 58.7 Å². The highest BCUT2D eigenvalue weighted by atomic mass is 16.5. The second kappa shape index (κ2) is 7.90. The van der Waals surface area contributed by atoms with Crippen molar-refractivity contribution in [2.24, 2.45) is 0 Å². The van der Waals surface area contributed by atoms with E-state index in [1.54, 1.807) is 29.2 Å². The number of benzene rings is 1. The Labute approximate surface area is 158 Å². The van der Waals surface area contributed by atoms with Gasteiger partial charge in [-0.2, -0.15) is 0 Å². The third-order valence-corrected chi connectivity index (χ3v) is 5.31. The van der Waals surface area contributed by atoms with Gasteiger partial charge in [0.05, 0.1) is 11.1 Å². The molecule has 0 radical (unpaired) electrons. The minimum atomic E-state index is -1.09. The fourth-order valence-electron chi connectivity index (χ4n) is 3.75. The number of rotatable bonds is 5. The van der Waals surface area contributed by atoms with E-state index in [1.807, 2.05) is 6.92 Å². The average molecular weight is 372 g/mol. The largest absolute Gasteiger partial charge is 0.454 e. The summed E-state index contributed by atoms with van der Waals surface area (Å²) in [5.41, 5.74) is 0.551. The Bertz CT molecular complexity index is 740. The number of ether oxygens (including phenoxy) is 1. The van der Waals surface area contributed by atoms with Crippen molar-refractivity contribution in [2.75, 3.05) is 13.2 Å². The van der Waals surface area contributed by atoms with E-state index in [0.29, 0.717) is 6.54 Å². The molecular weight excluding hydrogens is 348 g/mol. The zero-order valence-corrected chi connectivity index (χ0v) is 15.6. The van der Waals surface area contributed by atoms with Gasteiger partial charge in [0.25, 0.3) is 17.7 Å². The molecule has 1 fully saturated rings. The van der Waals surface area contributed by atoms with Crippen molar-refractivity contribution < 1.29 is 23.9 Å². The van der Waals surface area contributed by atoms with Gasteiger partial charge in [-0.05, 0) is 44.7 Å². The van der Waals surface area contributed by atoms with E-state index in [9.17, 15) is 19.2 Å². The first-order chi connectivity index (χ1) is 13.0. The molecule has 0 unspecified atom stereocenters. The van der Waals surface area contributed by atoms with Gasteiger partial charge in [0.15, 0.2) is 6.61 Å². The van der Waals surface area contributed by atoms with E-state index < -0.39 is 23.8 Å². The molecule has 0 spiro atoms. The Morgan fingerprint density at radius 2 is 1.78 bits per heavy atom. The Hall–Kier alpha value is -2.70. The van der Waals surface area contributed by atoms with Crippen molar-refractivity contribution in [1.82, 2.24) is 9.80 Å². The molecule has 0 saturated carbocycles. The smallest absolute Gasteiger partial charge is 0.329 e. The maximum atomic E-state index is 12.4. The van der Waals surface area contributed by atoms with E-state index in [1.165, 1.54) is 6.92 Å². The van der Waals surface area contributed by atoms with Crippen molar-refractivity contribution in [3.8, 4) is 0 Å². The Kier molecular flexibility index (Phi) is 5.58. The molecule has 2 aliphatic heterocycles. The number of nitrogens with zero attached hydrogens (tertiary/aromatic N) is 2. The topological polar surface area (TPSA) is 84.0 Å². The molecule has 3 rings (SSSR count). The minimum absolute atomic E-state index is 0.179. The lowest BCUT2D eigenvalue weighted by Crippen LogP contribution is -2.47. The molecule has 2 atom stereocenters. The number of likely N-dealkylation sites (tertiary alicyclic amines) is 1. The molecule has 2 aliphatic rings. The standard InChI is InChI=1S/C20H24N2O5/c1-3-14-8-6-7-11-21(14)17(23)12-27-20(26)13(2)22-18(24)15-9-4-5-10-16(15)19(22)25/h4-5,9-10,13-14H,3,6-8,11-12H2,1-2H3/t13-,14-/m0/s1. The maximum absolute atomic E-state index is 12.4. The molecule has 0 bridgehead atoms. The van der Waals surface area contributed by atoms with Crippen molar-refractivity contribution >= 4 is 23.7 Å². The molecule has 7 heteroatoms. The lowest BCUT2D eigenvalue weighted by molar-refractivity contribution is -0.156. The van der Waals surface area contributed by atoms with Crippen molar-refractivity contribution in [3.63, 3.8) is 0 Å². The van der Waals surface area contributed by atoms with Crippen LogP contribution in [-0.2, 0) is 14.3 Å². The monoisotopic (exact) mass is 372 g/mol. The molecule has 1 saturated heterocycles. The SMILES string of the molecule is CC[C@H]1CCCCN1C(=O)COC(=O)[C@H](C)N1C(=O)c2ccccc2C1=O. The summed E-state index contributed by atoms with van der Waals surface area (Å²) < 4.78 is 5.14. The summed E-state index contributed by atoms with van der Waals surface area (Å²) in [5.74, 6) is -2.03. The number of hydrogen-bond acceptors (Lipinski definition) is 5. The number of fused-ring (bicyclic) bond motifs is 1. The summed E-state index contributed by atoms with van der Waals surface area (Å²) in [7, 11) is 0. The number of amides is 3. The van der Waals surface area contributed by atoms with Crippen LogP contribution >= 0.6 is 0 Å². The summed E-state index contributed by atoms with van der Waals surface area (Å²) >= 11 is 0. The predicted molar refractivity (Wildman–Crippen MR) is 97.0 cm³/mol. The van der Waals surface area contributed by atoms with Crippen molar-refractivity contribution in [1.29, 1.82) is 0 Å². The van der Waals surface area contributed by atoms with Gasteiger partial charge in [-0.3, -0.25) is 19.3 Å². The number of imide groups is 1. The third-order valence-electron chi connectivity index (χ3n) is 5.31. The van der Waals surface area contributed by atoms with Gasteiger partial charge in [0.1, 0.15) is 6.04 Å². The van der Waals surface area contributed by atoms with Crippen LogP contribution in [0.25, 0.3) is 0 Å². The van der Waals surface area contributed by atoms with Crippen LogP contribution in [0.5, 0.6) is 0 Å². The summed E-state index contributed by atoms with van der Waals surface area (Å²) in [4.78, 5) is 52.3. The molecule has 2 heterocycles. The lowest BCUT2D eigenvalue weighted by atomic mass is 10.00. The zero-order valence-electron chi connectivity index (χ0n) is 15.6. The van der Waals surface area contributed by atoms with Crippen LogP contribution in [0.2, 0.25) is 0 Å². The summed E-state index contributed by atoms with van der Waals surface area (Å²) in [6.07, 6.45) is 3.87. The Morgan fingerprint density at radius 1 is 1.15 bits per heavy atom. The molecule has 27 heavy (non-hydrogen) atoms. The molecule has 0 aliphatic carbocycles. The van der Waals surface area contributed by atoms with Crippen LogP contribution in [0.1, 0.15) is 60.2 Å². The van der Waals surface area contributed by atoms with Gasteiger partial charge in [0, 0.05) is 12.6 Å². The highest BCUT2D eigenvalue weighted by Crippen LogP contribution is 2.25. The third kappa shape index (κ3) is 3.59. The molecule has 0 N–H and O–H groups in total. The highest BCUT2D eigenvalue weighted by Gasteiger charge is 2.41. The average Bonchev–Trinajstić information content (AvgIpc) is 2.96. The molecule has 7 nitrogen and oxygen atoms in total. The van der Waals surface area contributed by atoms with E-state index >= 15 is 0 Å². The van der Waals surface area contributed by atoms with Crippen LogP contribution in [0.4, 0.5) is 0 Å². The number of esters is 1. The number of piperidine rings is 1. The Morgan fingerprint density at radius 3 is 2.37 bits per heavy atom. The predicted octanol–water partition coefficient (Wildman–Crippen LogP) is 2.01. The second-order valence-electron chi connectivity index (χ2n) is 6.95. The highest BCUT2D eigenvalue weighted by molar-refractivity contribution is 6.22. The van der Waals surface area contributed by atoms with Crippen molar-refractivity contribution in [3.05, 3.63) is 35.4 Å². The maximum Gasteiger partial charge on any atom is 0.329 e. The van der Waals surface area contributed by atoms with Crippen LogP contribution in [0.15, 0.2) is 24.3 Å². The van der Waals surface area contributed by atoms with Gasteiger partial charge in [0.2, 0.25) is 0 Å². The van der Waals surface area contributed by atoms with E-state index in [2.05, 4.69) is 0 Å². The lowest BCUT2D eigenvalue weighted by Gasteiger charge is -2.35. The first kappa shape index (κ1) is 19.1. The summed E-state index contributed by atoms with van der Waals surface area (Å²) in [5, 5.41) is 0. The van der Waals surface area contributed by atoms with Gasteiger partial charge in [-0.1, -0.05) is 19.1 Å². The van der Waals surface area contributed by atoms with Crippen LogP contribution < -0.4 is 0 Å². The summed E-state index contributed by atoms with van der Waals surface area (Å²) in [6.45, 7) is 3.77. The fraction of sp³-hybridized carbons (Fsp3) is 0.500. The molecular formula is C20H24N2O5. The number of carbonyl (C=O) groups is 4. The van der Waals surface area contributed by atoms with Gasteiger partial charge in [-0.15, -0.1) is 0 Å². The molecule has 144 valence electrons. The van der Waals surface area contributed by atoms with Crippen LogP contribution in [0, 0.1) is 0 Å². The van der Waals surface area contributed by atoms with Crippen LogP contribution in [0.3, 0.4) is 0 Å². The van der Waals surface area contributed by atoms with Gasteiger partial charge < -0.3 is 9.64 Å².